The van der Waals surface area contributed by atoms with E-state index >= 15 is 0 Å². The van der Waals surface area contributed by atoms with Gasteiger partial charge in [0.25, 0.3) is 0 Å². The van der Waals surface area contributed by atoms with Gasteiger partial charge < -0.3 is 5.73 Å². The summed E-state index contributed by atoms with van der Waals surface area (Å²) in [5.74, 6) is 0.863. The molecule has 62 valence electrons. The van der Waals surface area contributed by atoms with Gasteiger partial charge in [-0.25, -0.2) is 0 Å². The minimum absolute atomic E-state index is 0.515. The quantitative estimate of drug-likeness (QED) is 0.550. The lowest BCUT2D eigenvalue weighted by atomic mass is 9.77. The monoisotopic (exact) mass is 152 g/mol. The Labute approximate surface area is 67.7 Å². The van der Waals surface area contributed by atoms with Gasteiger partial charge in [0.15, 0.2) is 0 Å². The van der Waals surface area contributed by atoms with Crippen LogP contribution < -0.4 is 5.73 Å². The predicted molar refractivity (Wildman–Crippen MR) is 44.2 cm³/mol. The third kappa shape index (κ3) is 0.651. The summed E-state index contributed by atoms with van der Waals surface area (Å²) in [6, 6.07) is 0.519. The summed E-state index contributed by atoms with van der Waals surface area (Å²) in [7, 11) is 0. The zero-order valence-corrected chi connectivity index (χ0v) is 6.92. The van der Waals surface area contributed by atoms with Gasteiger partial charge in [0.2, 0.25) is 0 Å². The summed E-state index contributed by atoms with van der Waals surface area (Å²) in [6.07, 6.45) is 5.49. The molecular weight excluding hydrogens is 136 g/mol. The molecule has 2 nitrogen and oxygen atoms in total. The summed E-state index contributed by atoms with van der Waals surface area (Å²) >= 11 is 0. The Morgan fingerprint density at radius 1 is 1.18 bits per heavy atom. The van der Waals surface area contributed by atoms with Crippen molar-refractivity contribution in [1.29, 1.82) is 0 Å². The summed E-state index contributed by atoms with van der Waals surface area (Å²) in [5.41, 5.74) is 6.73. The summed E-state index contributed by atoms with van der Waals surface area (Å²) < 4.78 is 0. The molecule has 0 aromatic heterocycles. The van der Waals surface area contributed by atoms with Crippen molar-refractivity contribution >= 4 is 0 Å². The van der Waals surface area contributed by atoms with E-state index in [1.54, 1.807) is 0 Å². The van der Waals surface area contributed by atoms with Crippen molar-refractivity contribution in [2.24, 2.45) is 11.7 Å². The molecule has 11 heavy (non-hydrogen) atoms. The Morgan fingerprint density at radius 3 is 2.18 bits per heavy atom. The Hall–Kier alpha value is -0.0800. The lowest BCUT2D eigenvalue weighted by molar-refractivity contribution is 0.0125. The van der Waals surface area contributed by atoms with Gasteiger partial charge in [0, 0.05) is 11.6 Å². The number of hydrogen-bond donors (Lipinski definition) is 1. The van der Waals surface area contributed by atoms with Crippen molar-refractivity contribution in [3.8, 4) is 0 Å². The van der Waals surface area contributed by atoms with Crippen LogP contribution >= 0.6 is 0 Å². The first kappa shape index (κ1) is 6.44. The highest BCUT2D eigenvalue weighted by Crippen LogP contribution is 2.52. The van der Waals surface area contributed by atoms with Crippen molar-refractivity contribution in [1.82, 2.24) is 4.90 Å². The van der Waals surface area contributed by atoms with Crippen LogP contribution in [0, 0.1) is 5.92 Å². The van der Waals surface area contributed by atoms with Gasteiger partial charge in [-0.3, -0.25) is 4.90 Å². The maximum atomic E-state index is 6.22. The van der Waals surface area contributed by atoms with Gasteiger partial charge in [0.1, 0.15) is 0 Å². The number of fused-ring (bicyclic) bond motifs is 2. The standard InChI is InChI=1S/C9H16N2/c10-8-7-1-5-11(6-2-7)9(8)3-4-9/h7-8H,1-6,10H2. The Bertz CT molecular complexity index is 174. The van der Waals surface area contributed by atoms with E-state index in [0.29, 0.717) is 11.6 Å². The first-order chi connectivity index (χ1) is 5.33. The molecule has 4 fully saturated rings. The minimum atomic E-state index is 0.515. The zero-order chi connectivity index (χ0) is 7.47. The topological polar surface area (TPSA) is 29.3 Å². The van der Waals surface area contributed by atoms with Gasteiger partial charge >= 0.3 is 0 Å². The molecule has 2 heteroatoms. The third-order valence-corrected chi connectivity index (χ3v) is 4.06. The molecule has 1 unspecified atom stereocenters. The molecule has 4 aliphatic rings. The van der Waals surface area contributed by atoms with E-state index in [1.807, 2.05) is 0 Å². The first-order valence-electron chi connectivity index (χ1n) is 4.84. The van der Waals surface area contributed by atoms with Crippen LogP contribution in [-0.2, 0) is 0 Å². The van der Waals surface area contributed by atoms with Crippen LogP contribution in [0.4, 0.5) is 0 Å². The molecule has 0 radical (unpaired) electrons. The van der Waals surface area contributed by atoms with Gasteiger partial charge in [-0.05, 0) is 44.7 Å². The van der Waals surface area contributed by atoms with Crippen molar-refractivity contribution in [2.75, 3.05) is 13.1 Å². The van der Waals surface area contributed by atoms with E-state index in [4.69, 9.17) is 5.73 Å². The van der Waals surface area contributed by atoms with Crippen LogP contribution in [0.2, 0.25) is 0 Å². The maximum Gasteiger partial charge on any atom is 0.0364 e. The fourth-order valence-corrected chi connectivity index (χ4v) is 3.13. The fraction of sp³-hybridized carbons (Fsp3) is 1.00. The second kappa shape index (κ2) is 1.80. The normalized spacial score (nSPS) is 51.5. The van der Waals surface area contributed by atoms with E-state index in [1.165, 1.54) is 38.8 Å². The van der Waals surface area contributed by atoms with Crippen LogP contribution in [0.5, 0.6) is 0 Å². The van der Waals surface area contributed by atoms with Crippen LogP contribution in [0.1, 0.15) is 25.7 Å². The van der Waals surface area contributed by atoms with Gasteiger partial charge in [-0.15, -0.1) is 0 Å². The Balaban J connectivity index is 1.95. The second-order valence-electron chi connectivity index (χ2n) is 4.45. The molecule has 1 atom stereocenters. The SMILES string of the molecule is NC1C2CCN(CC2)C12CC2. The van der Waals surface area contributed by atoms with Crippen molar-refractivity contribution in [2.45, 2.75) is 37.3 Å². The van der Waals surface area contributed by atoms with Gasteiger partial charge in [0.05, 0.1) is 0 Å². The van der Waals surface area contributed by atoms with E-state index in [2.05, 4.69) is 4.90 Å². The van der Waals surface area contributed by atoms with E-state index in [-0.39, 0.29) is 0 Å². The lowest BCUT2D eigenvalue weighted by Gasteiger charge is -2.50. The van der Waals surface area contributed by atoms with Crippen molar-refractivity contribution in [3.63, 3.8) is 0 Å². The summed E-state index contributed by atoms with van der Waals surface area (Å²) in [5, 5.41) is 0. The van der Waals surface area contributed by atoms with Crippen molar-refractivity contribution in [3.05, 3.63) is 0 Å². The summed E-state index contributed by atoms with van der Waals surface area (Å²) in [6.45, 7) is 2.66. The highest BCUT2D eigenvalue weighted by molar-refractivity contribution is 5.17. The minimum Gasteiger partial charge on any atom is -0.326 e. The highest BCUT2D eigenvalue weighted by Gasteiger charge is 2.58. The second-order valence-corrected chi connectivity index (χ2v) is 4.45. The number of rotatable bonds is 0. The number of hydrogen-bond acceptors (Lipinski definition) is 2. The molecule has 1 spiro atoms. The Kier molecular flexibility index (Phi) is 1.06. The van der Waals surface area contributed by atoms with Gasteiger partial charge in [-0.1, -0.05) is 0 Å². The number of nitrogens with zero attached hydrogens (tertiary/aromatic N) is 1. The molecule has 0 aromatic carbocycles. The molecule has 3 saturated heterocycles. The molecule has 0 aromatic rings. The van der Waals surface area contributed by atoms with Crippen LogP contribution in [0.15, 0.2) is 0 Å². The smallest absolute Gasteiger partial charge is 0.0364 e. The molecule has 2 N–H and O–H groups in total. The number of piperidine rings is 3. The molecule has 0 amide bonds. The summed E-state index contributed by atoms with van der Waals surface area (Å²) in [4.78, 5) is 2.65. The van der Waals surface area contributed by atoms with Crippen LogP contribution in [0.3, 0.4) is 0 Å². The predicted octanol–water partition coefficient (Wildman–Crippen LogP) is 0.572. The lowest BCUT2D eigenvalue weighted by Crippen LogP contribution is -2.63. The maximum absolute atomic E-state index is 6.22. The fourth-order valence-electron chi connectivity index (χ4n) is 3.13. The average Bonchev–Trinajstić information content (AvgIpc) is 2.82. The Morgan fingerprint density at radius 2 is 1.82 bits per heavy atom. The third-order valence-electron chi connectivity index (χ3n) is 4.06. The zero-order valence-electron chi connectivity index (χ0n) is 6.92. The average molecular weight is 152 g/mol. The molecule has 4 rings (SSSR count). The highest BCUT2D eigenvalue weighted by atomic mass is 15.3. The van der Waals surface area contributed by atoms with Crippen LogP contribution in [-0.4, -0.2) is 29.6 Å². The molecule has 1 saturated carbocycles. The van der Waals surface area contributed by atoms with Crippen LogP contribution in [0.25, 0.3) is 0 Å². The largest absolute Gasteiger partial charge is 0.326 e. The number of nitrogens with two attached hydrogens (primary N) is 1. The van der Waals surface area contributed by atoms with E-state index < -0.39 is 0 Å². The molecule has 3 aliphatic heterocycles. The van der Waals surface area contributed by atoms with Gasteiger partial charge in [-0.2, -0.15) is 0 Å². The molecule has 1 aliphatic carbocycles. The first-order valence-corrected chi connectivity index (χ1v) is 4.84. The molecule has 3 heterocycles. The van der Waals surface area contributed by atoms with E-state index in [0.717, 1.165) is 5.92 Å². The molecule has 2 bridgehead atoms. The van der Waals surface area contributed by atoms with E-state index in [9.17, 15) is 0 Å². The molecular formula is C9H16N2. The van der Waals surface area contributed by atoms with Crippen molar-refractivity contribution < 1.29 is 0 Å².